The highest BCUT2D eigenvalue weighted by molar-refractivity contribution is 7.90. The van der Waals surface area contributed by atoms with E-state index in [0.29, 0.717) is 18.9 Å². The van der Waals surface area contributed by atoms with Gasteiger partial charge in [0.05, 0.1) is 11.4 Å². The zero-order valence-electron chi connectivity index (χ0n) is 16.5. The van der Waals surface area contributed by atoms with Crippen LogP contribution in [-0.4, -0.2) is 54.2 Å². The van der Waals surface area contributed by atoms with Crippen LogP contribution in [0.2, 0.25) is 0 Å². The highest BCUT2D eigenvalue weighted by Gasteiger charge is 2.10. The Bertz CT molecular complexity index is 887. The number of nitrogens with zero attached hydrogens (tertiary/aromatic N) is 4. The fraction of sp³-hybridized carbons (Fsp3) is 0.500. The molecule has 0 aliphatic rings. The van der Waals surface area contributed by atoms with E-state index in [2.05, 4.69) is 25.7 Å². The molecule has 0 aliphatic heterocycles. The van der Waals surface area contributed by atoms with Gasteiger partial charge in [0.15, 0.2) is 11.8 Å². The largest absolute Gasteiger partial charge is 0.354 e. The molecule has 0 bridgehead atoms. The molecule has 2 N–H and O–H groups in total. The smallest absolute Gasteiger partial charge is 0.191 e. The average Bonchev–Trinajstić information content (AvgIpc) is 2.95. The second kappa shape index (κ2) is 8.98. The van der Waals surface area contributed by atoms with Crippen molar-refractivity contribution in [1.29, 1.82) is 0 Å². The zero-order valence-corrected chi connectivity index (χ0v) is 17.3. The Morgan fingerprint density at radius 2 is 2.07 bits per heavy atom. The summed E-state index contributed by atoms with van der Waals surface area (Å²) >= 11 is 0. The van der Waals surface area contributed by atoms with E-state index in [1.807, 2.05) is 43.7 Å². The van der Waals surface area contributed by atoms with Gasteiger partial charge in [-0.2, -0.15) is 5.10 Å². The first-order valence-corrected chi connectivity index (χ1v) is 10.9. The molecule has 148 valence electrons. The van der Waals surface area contributed by atoms with E-state index in [9.17, 15) is 8.42 Å². The summed E-state index contributed by atoms with van der Waals surface area (Å²) in [5, 5.41) is 10.8. The van der Waals surface area contributed by atoms with E-state index >= 15 is 0 Å². The summed E-state index contributed by atoms with van der Waals surface area (Å²) in [4.78, 5) is 8.66. The highest BCUT2D eigenvalue weighted by Crippen LogP contribution is 2.10. The molecule has 0 aliphatic carbocycles. The molecular formula is C18H28N6O2S. The van der Waals surface area contributed by atoms with Gasteiger partial charge in [0.1, 0.15) is 9.84 Å². The Kier molecular flexibility index (Phi) is 6.95. The molecular weight excluding hydrogens is 364 g/mol. The van der Waals surface area contributed by atoms with Crippen LogP contribution in [0.15, 0.2) is 29.4 Å². The molecule has 0 saturated carbocycles. The van der Waals surface area contributed by atoms with Gasteiger partial charge in [-0.15, -0.1) is 0 Å². The second-order valence-electron chi connectivity index (χ2n) is 6.75. The minimum absolute atomic E-state index is 0.00236. The molecule has 9 heteroatoms. The minimum Gasteiger partial charge on any atom is -0.354 e. The first kappa shape index (κ1) is 20.9. The Morgan fingerprint density at radius 3 is 2.59 bits per heavy atom. The van der Waals surface area contributed by atoms with E-state index < -0.39 is 9.84 Å². The molecule has 2 heterocycles. The van der Waals surface area contributed by atoms with Crippen molar-refractivity contribution in [1.82, 2.24) is 25.4 Å². The Balaban J connectivity index is 1.90. The SMILES string of the molecule is CN=C(NCc1ccc(-n2nc(C)cc2C)nc1)NC(C)CCS(C)(=O)=O. The lowest BCUT2D eigenvalue weighted by Crippen LogP contribution is -2.42. The third kappa shape index (κ3) is 6.67. The van der Waals surface area contributed by atoms with E-state index in [1.54, 1.807) is 13.2 Å². The maximum Gasteiger partial charge on any atom is 0.191 e. The fourth-order valence-corrected chi connectivity index (χ4v) is 3.37. The van der Waals surface area contributed by atoms with Crippen molar-refractivity contribution in [3.8, 4) is 5.82 Å². The maximum absolute atomic E-state index is 11.3. The molecule has 0 radical (unpaired) electrons. The molecule has 2 rings (SSSR count). The number of guanidine groups is 1. The first-order chi connectivity index (χ1) is 12.7. The summed E-state index contributed by atoms with van der Waals surface area (Å²) in [6, 6.07) is 5.93. The molecule has 1 atom stereocenters. The van der Waals surface area contributed by atoms with Gasteiger partial charge in [0.2, 0.25) is 0 Å². The van der Waals surface area contributed by atoms with Gasteiger partial charge < -0.3 is 10.6 Å². The summed E-state index contributed by atoms with van der Waals surface area (Å²) < 4.78 is 24.4. The lowest BCUT2D eigenvalue weighted by molar-refractivity contribution is 0.581. The predicted octanol–water partition coefficient (Wildman–Crippen LogP) is 1.37. The topological polar surface area (TPSA) is 101 Å². The molecule has 2 aromatic rings. The number of hydrogen-bond donors (Lipinski definition) is 2. The van der Waals surface area contributed by atoms with Crippen molar-refractivity contribution in [2.45, 2.75) is 39.8 Å². The number of aliphatic imine (C=N–C) groups is 1. The highest BCUT2D eigenvalue weighted by atomic mass is 32.2. The number of hydrogen-bond acceptors (Lipinski definition) is 5. The minimum atomic E-state index is -2.96. The standard InChI is InChI=1S/C18H28N6O2S/c1-13(8-9-27(5,25)26)22-18(19-4)21-12-16-6-7-17(20-11-16)24-15(3)10-14(2)23-24/h6-7,10-11,13H,8-9,12H2,1-5H3,(H2,19,21,22). The van der Waals surface area contributed by atoms with Crippen LogP contribution >= 0.6 is 0 Å². The lowest BCUT2D eigenvalue weighted by atomic mass is 10.2. The zero-order chi connectivity index (χ0) is 20.0. The Labute approximate surface area is 161 Å². The Morgan fingerprint density at radius 1 is 1.33 bits per heavy atom. The van der Waals surface area contributed by atoms with Crippen LogP contribution < -0.4 is 10.6 Å². The van der Waals surface area contributed by atoms with Gasteiger partial charge in [-0.25, -0.2) is 18.1 Å². The van der Waals surface area contributed by atoms with Gasteiger partial charge in [0, 0.05) is 37.8 Å². The van der Waals surface area contributed by atoms with Crippen LogP contribution in [0.5, 0.6) is 0 Å². The normalized spacial score (nSPS) is 13.4. The van der Waals surface area contributed by atoms with Crippen LogP contribution in [0.3, 0.4) is 0 Å². The van der Waals surface area contributed by atoms with Gasteiger partial charge in [-0.3, -0.25) is 4.99 Å². The number of sulfone groups is 1. The summed E-state index contributed by atoms with van der Waals surface area (Å²) in [7, 11) is -1.28. The van der Waals surface area contributed by atoms with Crippen molar-refractivity contribution >= 4 is 15.8 Å². The molecule has 2 aromatic heterocycles. The monoisotopic (exact) mass is 392 g/mol. The van der Waals surface area contributed by atoms with Crippen LogP contribution in [0, 0.1) is 13.8 Å². The van der Waals surface area contributed by atoms with Crippen LogP contribution in [0.4, 0.5) is 0 Å². The van der Waals surface area contributed by atoms with Crippen LogP contribution in [0.25, 0.3) is 5.82 Å². The summed E-state index contributed by atoms with van der Waals surface area (Å²) in [5.41, 5.74) is 3.01. The molecule has 27 heavy (non-hydrogen) atoms. The second-order valence-corrected chi connectivity index (χ2v) is 9.01. The number of aryl methyl sites for hydroxylation is 2. The molecule has 0 saturated heterocycles. The average molecular weight is 393 g/mol. The summed E-state index contributed by atoms with van der Waals surface area (Å²) in [5.74, 6) is 1.55. The number of nitrogens with one attached hydrogen (secondary N) is 2. The third-order valence-electron chi connectivity index (χ3n) is 4.02. The third-order valence-corrected chi connectivity index (χ3v) is 5.00. The number of rotatable bonds is 7. The van der Waals surface area contributed by atoms with Gasteiger partial charge in [-0.1, -0.05) is 6.07 Å². The first-order valence-electron chi connectivity index (χ1n) is 8.81. The van der Waals surface area contributed by atoms with Crippen molar-refractivity contribution in [2.24, 2.45) is 4.99 Å². The number of pyridine rings is 1. The quantitative estimate of drug-likeness (QED) is 0.545. The van der Waals surface area contributed by atoms with Gasteiger partial charge in [-0.05, 0) is 44.9 Å². The van der Waals surface area contributed by atoms with Crippen molar-refractivity contribution < 1.29 is 8.42 Å². The van der Waals surface area contributed by atoms with Crippen molar-refractivity contribution in [3.05, 3.63) is 41.3 Å². The summed E-state index contributed by atoms with van der Waals surface area (Å²) in [6.07, 6.45) is 3.58. The van der Waals surface area contributed by atoms with E-state index in [0.717, 1.165) is 22.8 Å². The van der Waals surface area contributed by atoms with Crippen LogP contribution in [-0.2, 0) is 16.4 Å². The van der Waals surface area contributed by atoms with Crippen molar-refractivity contribution in [2.75, 3.05) is 19.1 Å². The maximum atomic E-state index is 11.3. The lowest BCUT2D eigenvalue weighted by Gasteiger charge is -2.17. The molecule has 0 amide bonds. The predicted molar refractivity (Wildman–Crippen MR) is 108 cm³/mol. The van der Waals surface area contributed by atoms with E-state index in [4.69, 9.17) is 0 Å². The van der Waals surface area contributed by atoms with Gasteiger partial charge >= 0.3 is 0 Å². The van der Waals surface area contributed by atoms with E-state index in [-0.39, 0.29) is 11.8 Å². The molecule has 8 nitrogen and oxygen atoms in total. The Hall–Kier alpha value is -2.42. The molecule has 0 spiro atoms. The molecule has 0 fully saturated rings. The molecule has 1 unspecified atom stereocenters. The van der Waals surface area contributed by atoms with Gasteiger partial charge in [0.25, 0.3) is 0 Å². The van der Waals surface area contributed by atoms with Crippen molar-refractivity contribution in [3.63, 3.8) is 0 Å². The summed E-state index contributed by atoms with van der Waals surface area (Å²) in [6.45, 7) is 6.45. The fourth-order valence-electron chi connectivity index (χ4n) is 2.58. The number of aromatic nitrogens is 3. The van der Waals surface area contributed by atoms with Crippen LogP contribution in [0.1, 0.15) is 30.3 Å². The molecule has 0 aromatic carbocycles. The van der Waals surface area contributed by atoms with E-state index in [1.165, 1.54) is 6.26 Å².